The van der Waals surface area contributed by atoms with E-state index in [9.17, 15) is 0 Å². The van der Waals surface area contributed by atoms with E-state index in [4.69, 9.17) is 0 Å². The summed E-state index contributed by atoms with van der Waals surface area (Å²) in [6.07, 6.45) is 10.4. The number of fused-ring (bicyclic) bond motifs is 2. The average Bonchev–Trinajstić information content (AvgIpc) is 2.79. The summed E-state index contributed by atoms with van der Waals surface area (Å²) in [6.45, 7) is 5.83. The highest BCUT2D eigenvalue weighted by Crippen LogP contribution is 2.44. The van der Waals surface area contributed by atoms with Crippen molar-refractivity contribution in [1.82, 2.24) is 5.32 Å². The summed E-state index contributed by atoms with van der Waals surface area (Å²) < 4.78 is 0. The summed E-state index contributed by atoms with van der Waals surface area (Å²) in [5.74, 6) is 2.73. The van der Waals surface area contributed by atoms with Crippen LogP contribution in [0.1, 0.15) is 39.5 Å². The maximum Gasteiger partial charge on any atom is 0.00728 e. The summed E-state index contributed by atoms with van der Waals surface area (Å²) in [5.41, 5.74) is 0. The molecule has 1 saturated carbocycles. The van der Waals surface area contributed by atoms with Crippen LogP contribution in [0.3, 0.4) is 0 Å². The fraction of sp³-hybridized carbons (Fsp3) is 0.846. The number of allylic oxidation sites excluding steroid dienone is 2. The van der Waals surface area contributed by atoms with E-state index in [0.717, 1.165) is 23.8 Å². The molecule has 0 spiro atoms. The molecule has 1 nitrogen and oxygen atoms in total. The van der Waals surface area contributed by atoms with Gasteiger partial charge in [-0.3, -0.25) is 0 Å². The number of unbranched alkanes of at least 4 members (excludes halogenated alkanes) is 1. The van der Waals surface area contributed by atoms with Crippen LogP contribution in [-0.2, 0) is 0 Å². The van der Waals surface area contributed by atoms with Gasteiger partial charge in [-0.25, -0.2) is 0 Å². The Labute approximate surface area is 88.0 Å². The zero-order valence-electron chi connectivity index (χ0n) is 9.50. The van der Waals surface area contributed by atoms with E-state index in [-0.39, 0.29) is 0 Å². The van der Waals surface area contributed by atoms with Crippen LogP contribution in [0, 0.1) is 17.8 Å². The maximum absolute atomic E-state index is 3.68. The van der Waals surface area contributed by atoms with Crippen molar-refractivity contribution < 1.29 is 0 Å². The normalized spacial score (nSPS) is 36.6. The van der Waals surface area contributed by atoms with E-state index in [1.165, 1.54) is 32.2 Å². The van der Waals surface area contributed by atoms with Gasteiger partial charge in [0.25, 0.3) is 0 Å². The Bertz CT molecular complexity index is 209. The quantitative estimate of drug-likeness (QED) is 0.523. The van der Waals surface area contributed by atoms with Gasteiger partial charge >= 0.3 is 0 Å². The van der Waals surface area contributed by atoms with E-state index in [1.807, 2.05) is 0 Å². The van der Waals surface area contributed by atoms with Crippen molar-refractivity contribution in [1.29, 1.82) is 0 Å². The first-order valence-electron chi connectivity index (χ1n) is 6.23. The van der Waals surface area contributed by atoms with Crippen molar-refractivity contribution in [2.75, 3.05) is 6.54 Å². The van der Waals surface area contributed by atoms with E-state index < -0.39 is 0 Å². The molecule has 1 heteroatoms. The van der Waals surface area contributed by atoms with Gasteiger partial charge in [-0.15, -0.1) is 0 Å². The number of hydrogen-bond donors (Lipinski definition) is 1. The third kappa shape index (κ3) is 2.03. The van der Waals surface area contributed by atoms with Crippen molar-refractivity contribution in [3.63, 3.8) is 0 Å². The van der Waals surface area contributed by atoms with Crippen molar-refractivity contribution in [3.8, 4) is 0 Å². The number of hydrogen-bond acceptors (Lipinski definition) is 1. The molecule has 0 aromatic heterocycles. The molecule has 2 aliphatic carbocycles. The standard InChI is InChI=1S/C13H23N/c1-3-4-7-14-10(2)13-9-11-5-6-12(13)8-11/h5-6,10-14H,3-4,7-9H2,1-2H3. The molecule has 4 unspecified atom stereocenters. The Morgan fingerprint density at radius 3 is 2.79 bits per heavy atom. The molecule has 0 radical (unpaired) electrons. The highest BCUT2D eigenvalue weighted by molar-refractivity contribution is 5.11. The van der Waals surface area contributed by atoms with Crippen molar-refractivity contribution in [3.05, 3.63) is 12.2 Å². The van der Waals surface area contributed by atoms with E-state index in [0.29, 0.717) is 0 Å². The molecule has 0 saturated heterocycles. The highest BCUT2D eigenvalue weighted by atomic mass is 14.9. The Kier molecular flexibility index (Phi) is 3.27. The van der Waals surface area contributed by atoms with Crippen LogP contribution in [0.2, 0.25) is 0 Å². The van der Waals surface area contributed by atoms with E-state index in [1.54, 1.807) is 0 Å². The van der Waals surface area contributed by atoms with Crippen LogP contribution in [-0.4, -0.2) is 12.6 Å². The predicted octanol–water partition coefficient (Wildman–Crippen LogP) is 2.98. The van der Waals surface area contributed by atoms with Crippen molar-refractivity contribution >= 4 is 0 Å². The molecule has 2 rings (SSSR count). The molecule has 2 aliphatic rings. The minimum Gasteiger partial charge on any atom is -0.314 e. The van der Waals surface area contributed by atoms with Crippen LogP contribution in [0.25, 0.3) is 0 Å². The molecular weight excluding hydrogens is 170 g/mol. The Hall–Kier alpha value is -0.300. The van der Waals surface area contributed by atoms with Crippen molar-refractivity contribution in [2.45, 2.75) is 45.6 Å². The first-order valence-corrected chi connectivity index (χ1v) is 6.23. The summed E-state index contributed by atoms with van der Waals surface area (Å²) in [6, 6.07) is 0.724. The fourth-order valence-electron chi connectivity index (χ4n) is 3.06. The molecule has 0 amide bonds. The van der Waals surface area contributed by atoms with Gasteiger partial charge in [0.05, 0.1) is 0 Å². The van der Waals surface area contributed by atoms with Gasteiger partial charge in [0.2, 0.25) is 0 Å². The van der Waals surface area contributed by atoms with Crippen LogP contribution >= 0.6 is 0 Å². The lowest BCUT2D eigenvalue weighted by Gasteiger charge is -2.26. The molecule has 0 aromatic carbocycles. The molecular formula is C13H23N. The Morgan fingerprint density at radius 2 is 2.21 bits per heavy atom. The molecule has 80 valence electrons. The Balaban J connectivity index is 1.75. The smallest absolute Gasteiger partial charge is 0.00728 e. The molecule has 0 aromatic rings. The second-order valence-corrected chi connectivity index (χ2v) is 5.04. The third-order valence-corrected chi connectivity index (χ3v) is 3.97. The van der Waals surface area contributed by atoms with E-state index >= 15 is 0 Å². The van der Waals surface area contributed by atoms with Crippen LogP contribution < -0.4 is 5.32 Å². The minimum atomic E-state index is 0.724. The van der Waals surface area contributed by atoms with Gasteiger partial charge < -0.3 is 5.32 Å². The van der Waals surface area contributed by atoms with Gasteiger partial charge in [-0.2, -0.15) is 0 Å². The molecule has 4 atom stereocenters. The SMILES string of the molecule is CCCCNC(C)C1CC2C=CC1C2. The lowest BCUT2D eigenvalue weighted by molar-refractivity contribution is 0.327. The monoisotopic (exact) mass is 193 g/mol. The molecule has 2 bridgehead atoms. The average molecular weight is 193 g/mol. The summed E-state index contributed by atoms with van der Waals surface area (Å²) >= 11 is 0. The lowest BCUT2D eigenvalue weighted by Crippen LogP contribution is -2.36. The number of rotatable bonds is 5. The first kappa shape index (κ1) is 10.2. The number of nitrogens with one attached hydrogen (secondary N) is 1. The fourth-order valence-corrected chi connectivity index (χ4v) is 3.06. The first-order chi connectivity index (χ1) is 6.81. The topological polar surface area (TPSA) is 12.0 Å². The van der Waals surface area contributed by atoms with Crippen LogP contribution in [0.4, 0.5) is 0 Å². The molecule has 1 N–H and O–H groups in total. The molecule has 1 fully saturated rings. The second-order valence-electron chi connectivity index (χ2n) is 5.04. The van der Waals surface area contributed by atoms with Crippen LogP contribution in [0.15, 0.2) is 12.2 Å². The summed E-state index contributed by atoms with van der Waals surface area (Å²) in [7, 11) is 0. The summed E-state index contributed by atoms with van der Waals surface area (Å²) in [4.78, 5) is 0. The van der Waals surface area contributed by atoms with Gasteiger partial charge in [0.15, 0.2) is 0 Å². The Morgan fingerprint density at radius 1 is 1.36 bits per heavy atom. The largest absolute Gasteiger partial charge is 0.314 e. The predicted molar refractivity (Wildman–Crippen MR) is 61.2 cm³/mol. The molecule has 14 heavy (non-hydrogen) atoms. The van der Waals surface area contributed by atoms with Gasteiger partial charge in [0, 0.05) is 6.04 Å². The molecule has 0 aliphatic heterocycles. The van der Waals surface area contributed by atoms with Crippen LogP contribution in [0.5, 0.6) is 0 Å². The zero-order valence-corrected chi connectivity index (χ0v) is 9.50. The minimum absolute atomic E-state index is 0.724. The van der Waals surface area contributed by atoms with Gasteiger partial charge in [-0.05, 0) is 50.5 Å². The second kappa shape index (κ2) is 4.48. The zero-order chi connectivity index (χ0) is 9.97. The van der Waals surface area contributed by atoms with E-state index in [2.05, 4.69) is 31.3 Å². The van der Waals surface area contributed by atoms with Crippen molar-refractivity contribution in [2.24, 2.45) is 17.8 Å². The lowest BCUT2D eigenvalue weighted by atomic mass is 9.87. The third-order valence-electron chi connectivity index (χ3n) is 3.97. The van der Waals surface area contributed by atoms with Gasteiger partial charge in [-0.1, -0.05) is 25.5 Å². The summed E-state index contributed by atoms with van der Waals surface area (Å²) in [5, 5.41) is 3.68. The maximum atomic E-state index is 3.68. The molecule has 0 heterocycles. The van der Waals surface area contributed by atoms with Gasteiger partial charge in [0.1, 0.15) is 0 Å². The highest BCUT2D eigenvalue weighted by Gasteiger charge is 2.37.